The van der Waals surface area contributed by atoms with Crippen LogP contribution < -0.4 is 10.2 Å². The highest BCUT2D eigenvalue weighted by Gasteiger charge is 2.45. The van der Waals surface area contributed by atoms with Gasteiger partial charge in [0.2, 0.25) is 0 Å². The first-order valence-corrected chi connectivity index (χ1v) is 13.1. The number of thiophene rings is 1. The van der Waals surface area contributed by atoms with E-state index in [-0.39, 0.29) is 11.3 Å². The standard InChI is InChI=1S/C22H22N4OS.C4H10.C3H6.CH2O/c1-15-12-26(21-7-6-19(27)11-25-21)14-22(15,24-2)20-9-18(13-28-20)17-5-3-4-16(8-17)10-23;1-4(2)3;1-3-2;1-2/h3-9,11,13,15,24,27H,12,14H2,1-2H3;4H,1-3H3;3H,1H2,2H3;1H2. The number of rotatable bonds is 4. The lowest BCUT2D eigenvalue weighted by Gasteiger charge is -2.32. The molecule has 1 fully saturated rings. The molecule has 0 radical (unpaired) electrons. The van der Waals surface area contributed by atoms with E-state index in [2.05, 4.69) is 67.0 Å². The van der Waals surface area contributed by atoms with Gasteiger partial charge in [-0.25, -0.2) is 4.98 Å². The van der Waals surface area contributed by atoms with Crippen molar-refractivity contribution in [3.8, 4) is 22.9 Å². The molecular formula is C30H40N4O2S. The maximum Gasteiger partial charge on any atom is 0.134 e. The van der Waals surface area contributed by atoms with Crippen LogP contribution in [0, 0.1) is 23.2 Å². The molecule has 2 aromatic heterocycles. The molecule has 1 aromatic carbocycles. The molecule has 0 aliphatic carbocycles. The summed E-state index contributed by atoms with van der Waals surface area (Å²) in [7, 11) is 2.01. The van der Waals surface area contributed by atoms with Crippen LogP contribution in [-0.4, -0.2) is 37.0 Å². The number of anilines is 1. The van der Waals surface area contributed by atoms with Crippen molar-refractivity contribution in [2.45, 2.75) is 40.2 Å². The molecule has 1 aliphatic rings. The number of carbonyl (C=O) groups is 1. The molecule has 2 unspecified atom stereocenters. The zero-order valence-corrected chi connectivity index (χ0v) is 23.7. The van der Waals surface area contributed by atoms with E-state index < -0.39 is 0 Å². The number of pyridine rings is 1. The third-order valence-corrected chi connectivity index (χ3v) is 6.75. The summed E-state index contributed by atoms with van der Waals surface area (Å²) in [5, 5.41) is 24.4. The van der Waals surface area contributed by atoms with Gasteiger partial charge in [0.05, 0.1) is 23.4 Å². The predicted molar refractivity (Wildman–Crippen MR) is 156 cm³/mol. The minimum Gasteiger partial charge on any atom is -0.506 e. The second-order valence-electron chi connectivity index (χ2n) is 9.41. The molecule has 2 N–H and O–H groups in total. The van der Waals surface area contributed by atoms with Crippen LogP contribution in [0.2, 0.25) is 0 Å². The maximum absolute atomic E-state index is 9.51. The minimum absolute atomic E-state index is 0.171. The van der Waals surface area contributed by atoms with E-state index in [1.807, 2.05) is 51.1 Å². The first kappa shape index (κ1) is 31.6. The van der Waals surface area contributed by atoms with Crippen LogP contribution >= 0.6 is 11.3 Å². The van der Waals surface area contributed by atoms with Gasteiger partial charge in [0.15, 0.2) is 0 Å². The van der Waals surface area contributed by atoms with E-state index in [0.717, 1.165) is 36.0 Å². The highest BCUT2D eigenvalue weighted by molar-refractivity contribution is 7.10. The molecule has 0 saturated carbocycles. The van der Waals surface area contributed by atoms with Gasteiger partial charge in [0, 0.05) is 18.0 Å². The summed E-state index contributed by atoms with van der Waals surface area (Å²) < 4.78 is 0. The van der Waals surface area contributed by atoms with Crippen molar-refractivity contribution in [3.05, 3.63) is 77.1 Å². The largest absolute Gasteiger partial charge is 0.506 e. The number of nitrogens with zero attached hydrogens (tertiary/aromatic N) is 3. The van der Waals surface area contributed by atoms with Crippen molar-refractivity contribution in [2.24, 2.45) is 11.8 Å². The van der Waals surface area contributed by atoms with Crippen LogP contribution in [0.1, 0.15) is 45.1 Å². The number of hydrogen-bond acceptors (Lipinski definition) is 7. The Morgan fingerprint density at radius 3 is 2.43 bits per heavy atom. The van der Waals surface area contributed by atoms with Crippen LogP contribution in [0.25, 0.3) is 11.1 Å². The number of nitrogens with one attached hydrogen (secondary N) is 1. The van der Waals surface area contributed by atoms with Gasteiger partial charge in [0.25, 0.3) is 0 Å². The van der Waals surface area contributed by atoms with Gasteiger partial charge in [-0.2, -0.15) is 5.26 Å². The molecule has 1 aliphatic heterocycles. The van der Waals surface area contributed by atoms with Gasteiger partial charge in [-0.05, 0) is 72.6 Å². The number of aromatic hydroxyl groups is 1. The van der Waals surface area contributed by atoms with Crippen LogP contribution in [0.4, 0.5) is 5.82 Å². The van der Waals surface area contributed by atoms with Crippen molar-refractivity contribution in [3.63, 3.8) is 0 Å². The van der Waals surface area contributed by atoms with E-state index in [4.69, 9.17) is 4.79 Å². The quantitative estimate of drug-likeness (QED) is 0.375. The van der Waals surface area contributed by atoms with Crippen molar-refractivity contribution in [1.82, 2.24) is 10.3 Å². The fourth-order valence-electron chi connectivity index (χ4n) is 4.01. The molecule has 1 saturated heterocycles. The molecule has 0 amide bonds. The molecule has 0 spiro atoms. The zero-order chi connectivity index (χ0) is 28.0. The fraction of sp³-hybridized carbons (Fsp3) is 0.367. The molecule has 0 bridgehead atoms. The molecule has 6 nitrogen and oxygen atoms in total. The second-order valence-corrected chi connectivity index (χ2v) is 10.3. The first-order chi connectivity index (χ1) is 17.7. The molecular weight excluding hydrogens is 480 g/mol. The monoisotopic (exact) mass is 520 g/mol. The zero-order valence-electron chi connectivity index (χ0n) is 22.9. The molecule has 3 heterocycles. The summed E-state index contributed by atoms with van der Waals surface area (Å²) >= 11 is 1.75. The minimum atomic E-state index is -0.171. The summed E-state index contributed by atoms with van der Waals surface area (Å²) in [5.41, 5.74) is 2.71. The molecule has 198 valence electrons. The Kier molecular flexibility index (Phi) is 13.3. The molecule has 4 rings (SSSR count). The van der Waals surface area contributed by atoms with Crippen molar-refractivity contribution < 1.29 is 9.90 Å². The Balaban J connectivity index is 0.000000670. The maximum atomic E-state index is 9.51. The lowest BCUT2D eigenvalue weighted by atomic mass is 9.86. The van der Waals surface area contributed by atoms with Gasteiger partial charge in [0.1, 0.15) is 18.4 Å². The molecule has 3 aromatic rings. The number of likely N-dealkylation sites (N-methyl/N-ethyl adjacent to an activating group) is 1. The van der Waals surface area contributed by atoms with Gasteiger partial charge < -0.3 is 20.1 Å². The van der Waals surface area contributed by atoms with E-state index in [9.17, 15) is 10.4 Å². The van der Waals surface area contributed by atoms with Crippen molar-refractivity contribution >= 4 is 23.9 Å². The topological polar surface area (TPSA) is 89.2 Å². The normalized spacial score (nSPS) is 17.8. The molecule has 37 heavy (non-hydrogen) atoms. The number of benzene rings is 1. The summed E-state index contributed by atoms with van der Waals surface area (Å²) in [5.74, 6) is 2.27. The van der Waals surface area contributed by atoms with Crippen LogP contribution in [-0.2, 0) is 10.3 Å². The third kappa shape index (κ3) is 8.56. The number of carbonyl (C=O) groups excluding carboxylic acids is 1. The SMILES string of the molecule is C=CC.C=O.CC(C)C.CNC1(c2cc(-c3cccc(C#N)c3)cs2)CN(c2ccc(O)cn2)CC1C. The summed E-state index contributed by atoms with van der Waals surface area (Å²) in [6.07, 6.45) is 3.24. The Labute approximate surface area is 226 Å². The molecule has 2 atom stereocenters. The van der Waals surface area contributed by atoms with E-state index in [0.29, 0.717) is 11.5 Å². The number of hydrogen-bond donors (Lipinski definition) is 2. The van der Waals surface area contributed by atoms with E-state index >= 15 is 0 Å². The van der Waals surface area contributed by atoms with Crippen LogP contribution in [0.5, 0.6) is 5.75 Å². The van der Waals surface area contributed by atoms with Crippen molar-refractivity contribution in [1.29, 1.82) is 5.26 Å². The highest BCUT2D eigenvalue weighted by Crippen LogP contribution is 2.42. The van der Waals surface area contributed by atoms with Gasteiger partial charge in [-0.15, -0.1) is 17.9 Å². The Morgan fingerprint density at radius 2 is 1.89 bits per heavy atom. The number of nitriles is 1. The van der Waals surface area contributed by atoms with Gasteiger partial charge in [-0.3, -0.25) is 0 Å². The van der Waals surface area contributed by atoms with Crippen molar-refractivity contribution in [2.75, 3.05) is 25.0 Å². The summed E-state index contributed by atoms with van der Waals surface area (Å²) in [6, 6.07) is 15.7. The Hall–Kier alpha value is -3.47. The second kappa shape index (κ2) is 15.6. The van der Waals surface area contributed by atoms with E-state index in [1.54, 1.807) is 23.5 Å². The molecule has 7 heteroatoms. The average Bonchev–Trinajstić information content (AvgIpc) is 3.51. The van der Waals surface area contributed by atoms with Gasteiger partial charge >= 0.3 is 0 Å². The van der Waals surface area contributed by atoms with Crippen LogP contribution in [0.15, 0.2) is 66.7 Å². The average molecular weight is 521 g/mol. The summed E-state index contributed by atoms with van der Waals surface area (Å²) in [6.45, 7) is 17.7. The number of allylic oxidation sites excluding steroid dienone is 1. The lowest BCUT2D eigenvalue weighted by molar-refractivity contribution is -0.0980. The first-order valence-electron chi connectivity index (χ1n) is 12.2. The number of aromatic nitrogens is 1. The lowest BCUT2D eigenvalue weighted by Crippen LogP contribution is -2.45. The van der Waals surface area contributed by atoms with E-state index in [1.165, 1.54) is 11.1 Å². The predicted octanol–water partition coefficient (Wildman–Crippen LogP) is 6.63. The van der Waals surface area contributed by atoms with Gasteiger partial charge in [-0.1, -0.05) is 45.9 Å². The fourth-order valence-corrected chi connectivity index (χ4v) is 5.24. The van der Waals surface area contributed by atoms with Crippen LogP contribution in [0.3, 0.4) is 0 Å². The smallest absolute Gasteiger partial charge is 0.134 e. The third-order valence-electron chi connectivity index (χ3n) is 5.64. The summed E-state index contributed by atoms with van der Waals surface area (Å²) in [4.78, 5) is 15.9. The Bertz CT molecular complexity index is 1130. The Morgan fingerprint density at radius 1 is 1.24 bits per heavy atom. The highest BCUT2D eigenvalue weighted by atomic mass is 32.1.